The number of carbonyl (C=O) groups is 2. The van der Waals surface area contributed by atoms with Crippen LogP contribution in [0.3, 0.4) is 0 Å². The zero-order valence-corrected chi connectivity index (χ0v) is 12.9. The van der Waals surface area contributed by atoms with Gasteiger partial charge in [0.15, 0.2) is 0 Å². The van der Waals surface area contributed by atoms with Gasteiger partial charge in [-0.05, 0) is 48.0 Å². The predicted molar refractivity (Wildman–Crippen MR) is 79.2 cm³/mol. The lowest BCUT2D eigenvalue weighted by Crippen LogP contribution is -2.38. The van der Waals surface area contributed by atoms with Crippen molar-refractivity contribution in [3.05, 3.63) is 28.2 Å². The van der Waals surface area contributed by atoms with Crippen molar-refractivity contribution in [3.8, 4) is 0 Å². The molecule has 1 unspecified atom stereocenters. The predicted octanol–water partition coefficient (Wildman–Crippen LogP) is 2.69. The lowest BCUT2D eigenvalue weighted by molar-refractivity contribution is 0.0697. The number of ether oxygens (including phenoxy) is 1. The Hall–Kier alpha value is -1.60. The van der Waals surface area contributed by atoms with Crippen LogP contribution < -0.4 is 10.6 Å². The highest BCUT2D eigenvalue weighted by molar-refractivity contribution is 9.10. The number of urea groups is 1. The van der Waals surface area contributed by atoms with Crippen LogP contribution in [0.1, 0.15) is 24.2 Å². The topological polar surface area (TPSA) is 87.7 Å². The number of halogens is 1. The van der Waals surface area contributed by atoms with E-state index in [1.807, 2.05) is 13.8 Å². The van der Waals surface area contributed by atoms with Crippen LogP contribution >= 0.6 is 15.9 Å². The number of benzene rings is 1. The highest BCUT2D eigenvalue weighted by Crippen LogP contribution is 2.23. The molecule has 0 aliphatic rings. The molecule has 1 aromatic carbocycles. The van der Waals surface area contributed by atoms with E-state index in [-0.39, 0.29) is 17.6 Å². The van der Waals surface area contributed by atoms with Gasteiger partial charge in [0.1, 0.15) is 0 Å². The highest BCUT2D eigenvalue weighted by Gasteiger charge is 2.11. The summed E-state index contributed by atoms with van der Waals surface area (Å²) in [6.07, 6.45) is 0. The maximum atomic E-state index is 11.7. The first kappa shape index (κ1) is 16.5. The molecule has 0 saturated carbocycles. The van der Waals surface area contributed by atoms with E-state index >= 15 is 0 Å². The van der Waals surface area contributed by atoms with Crippen LogP contribution in [0, 0.1) is 0 Å². The maximum Gasteiger partial charge on any atom is 0.335 e. The van der Waals surface area contributed by atoms with Gasteiger partial charge in [0, 0.05) is 11.1 Å². The van der Waals surface area contributed by atoms with Gasteiger partial charge in [0.25, 0.3) is 0 Å². The van der Waals surface area contributed by atoms with E-state index in [0.717, 1.165) is 0 Å². The Balaban J connectivity index is 2.60. The molecule has 0 bridgehead atoms. The van der Waals surface area contributed by atoms with E-state index in [1.165, 1.54) is 18.2 Å². The number of rotatable bonds is 6. The third-order valence-corrected chi connectivity index (χ3v) is 3.07. The third kappa shape index (κ3) is 5.18. The summed E-state index contributed by atoms with van der Waals surface area (Å²) in [4.78, 5) is 22.5. The number of carboxylic acids is 1. The molecular formula is C13H17BrN2O4. The molecule has 0 radical (unpaired) electrons. The fourth-order valence-electron chi connectivity index (χ4n) is 1.47. The minimum absolute atomic E-state index is 0.119. The van der Waals surface area contributed by atoms with Gasteiger partial charge in [-0.2, -0.15) is 0 Å². The van der Waals surface area contributed by atoms with Crippen LogP contribution in [0.5, 0.6) is 0 Å². The summed E-state index contributed by atoms with van der Waals surface area (Å²) < 4.78 is 5.70. The Morgan fingerprint density at radius 2 is 2.15 bits per heavy atom. The van der Waals surface area contributed by atoms with Crippen LogP contribution in [0.25, 0.3) is 0 Å². The van der Waals surface area contributed by atoms with Crippen LogP contribution in [-0.2, 0) is 4.74 Å². The van der Waals surface area contributed by atoms with E-state index < -0.39 is 5.97 Å². The van der Waals surface area contributed by atoms with Crippen molar-refractivity contribution in [1.29, 1.82) is 0 Å². The Kier molecular flexibility index (Phi) is 6.47. The van der Waals surface area contributed by atoms with Crippen molar-refractivity contribution in [2.45, 2.75) is 19.9 Å². The van der Waals surface area contributed by atoms with Crippen molar-refractivity contribution >= 4 is 33.6 Å². The Morgan fingerprint density at radius 1 is 1.45 bits per heavy atom. The Morgan fingerprint density at radius 3 is 2.70 bits per heavy atom. The van der Waals surface area contributed by atoms with Crippen LogP contribution in [-0.4, -0.2) is 36.4 Å². The van der Waals surface area contributed by atoms with Crippen LogP contribution in [0.2, 0.25) is 0 Å². The number of hydrogen-bond donors (Lipinski definition) is 3. The van der Waals surface area contributed by atoms with E-state index in [4.69, 9.17) is 9.84 Å². The SMILES string of the molecule is CCOCC(C)NC(=O)Nc1ccc(C(=O)O)cc1Br. The van der Waals surface area contributed by atoms with Gasteiger partial charge in [-0.15, -0.1) is 0 Å². The summed E-state index contributed by atoms with van der Waals surface area (Å²) in [5, 5.41) is 14.2. The molecule has 0 heterocycles. The quantitative estimate of drug-likeness (QED) is 0.740. The number of carboxylic acid groups (broad SMARTS) is 1. The molecule has 20 heavy (non-hydrogen) atoms. The molecule has 6 nitrogen and oxygen atoms in total. The zero-order chi connectivity index (χ0) is 15.1. The molecule has 1 atom stereocenters. The zero-order valence-electron chi connectivity index (χ0n) is 11.3. The number of amides is 2. The molecule has 1 rings (SSSR count). The largest absolute Gasteiger partial charge is 0.478 e. The lowest BCUT2D eigenvalue weighted by atomic mass is 10.2. The van der Waals surface area contributed by atoms with Gasteiger partial charge in [0.2, 0.25) is 0 Å². The number of aromatic carboxylic acids is 1. The minimum atomic E-state index is -1.02. The second-order valence-electron chi connectivity index (χ2n) is 4.16. The second kappa shape index (κ2) is 7.86. The van der Waals surface area contributed by atoms with Gasteiger partial charge in [-0.3, -0.25) is 0 Å². The summed E-state index contributed by atoms with van der Waals surface area (Å²) in [6.45, 7) is 4.74. The Bertz CT molecular complexity index is 493. The smallest absolute Gasteiger partial charge is 0.335 e. The third-order valence-electron chi connectivity index (χ3n) is 2.41. The summed E-state index contributed by atoms with van der Waals surface area (Å²) in [7, 11) is 0. The first-order chi connectivity index (χ1) is 9.43. The van der Waals surface area contributed by atoms with Crippen molar-refractivity contribution in [1.82, 2.24) is 5.32 Å². The molecule has 0 aliphatic heterocycles. The molecule has 3 N–H and O–H groups in total. The molecule has 7 heteroatoms. The highest BCUT2D eigenvalue weighted by atomic mass is 79.9. The standard InChI is InChI=1S/C13H17BrN2O4/c1-3-20-7-8(2)15-13(19)16-11-5-4-9(12(17)18)6-10(11)14/h4-6,8H,3,7H2,1-2H3,(H,17,18)(H2,15,16,19). The first-order valence-corrected chi connectivity index (χ1v) is 6.91. The summed E-state index contributed by atoms with van der Waals surface area (Å²) in [5.74, 6) is -1.02. The fraction of sp³-hybridized carbons (Fsp3) is 0.385. The number of hydrogen-bond acceptors (Lipinski definition) is 3. The number of carbonyl (C=O) groups excluding carboxylic acids is 1. The van der Waals surface area contributed by atoms with Gasteiger partial charge in [-0.25, -0.2) is 9.59 Å². The molecule has 0 aromatic heterocycles. The van der Waals surface area contributed by atoms with Crippen LogP contribution in [0.15, 0.2) is 22.7 Å². The molecule has 0 saturated heterocycles. The summed E-state index contributed by atoms with van der Waals surface area (Å²) >= 11 is 3.22. The van der Waals surface area contributed by atoms with Crippen molar-refractivity contribution in [2.75, 3.05) is 18.5 Å². The molecule has 1 aromatic rings. The number of nitrogens with one attached hydrogen (secondary N) is 2. The van der Waals surface area contributed by atoms with Gasteiger partial charge in [0.05, 0.1) is 23.9 Å². The van der Waals surface area contributed by atoms with Crippen molar-refractivity contribution < 1.29 is 19.4 Å². The van der Waals surface area contributed by atoms with E-state index in [0.29, 0.717) is 23.4 Å². The molecule has 0 spiro atoms. The summed E-state index contributed by atoms with van der Waals surface area (Å²) in [6, 6.07) is 3.89. The monoisotopic (exact) mass is 344 g/mol. The van der Waals surface area contributed by atoms with Gasteiger partial charge in [-0.1, -0.05) is 0 Å². The van der Waals surface area contributed by atoms with E-state index in [2.05, 4.69) is 26.6 Å². The fourth-order valence-corrected chi connectivity index (χ4v) is 1.95. The number of anilines is 1. The molecule has 0 fully saturated rings. The van der Waals surface area contributed by atoms with Crippen molar-refractivity contribution in [3.63, 3.8) is 0 Å². The average Bonchev–Trinajstić information content (AvgIpc) is 2.38. The average molecular weight is 345 g/mol. The van der Waals surface area contributed by atoms with E-state index in [9.17, 15) is 9.59 Å². The van der Waals surface area contributed by atoms with Gasteiger partial charge >= 0.3 is 12.0 Å². The molecule has 110 valence electrons. The molecule has 0 aliphatic carbocycles. The summed E-state index contributed by atoms with van der Waals surface area (Å²) in [5.41, 5.74) is 0.642. The van der Waals surface area contributed by atoms with E-state index in [1.54, 1.807) is 0 Å². The van der Waals surface area contributed by atoms with Crippen LogP contribution in [0.4, 0.5) is 10.5 Å². The Labute approximate surface area is 125 Å². The lowest BCUT2D eigenvalue weighted by Gasteiger charge is -2.15. The first-order valence-electron chi connectivity index (χ1n) is 6.12. The second-order valence-corrected chi connectivity index (χ2v) is 5.01. The molecule has 2 amide bonds. The maximum absolute atomic E-state index is 11.7. The van der Waals surface area contributed by atoms with Gasteiger partial charge < -0.3 is 20.5 Å². The molecular weight excluding hydrogens is 328 g/mol. The normalized spacial score (nSPS) is 11.8. The van der Waals surface area contributed by atoms with Crippen molar-refractivity contribution in [2.24, 2.45) is 0 Å². The minimum Gasteiger partial charge on any atom is -0.478 e.